The number of likely N-dealkylation sites (tertiary alicyclic amines) is 2. The number of benzene rings is 1. The smallest absolute Gasteiger partial charge is 0.227 e. The van der Waals surface area contributed by atoms with Gasteiger partial charge in [-0.25, -0.2) is 0 Å². The van der Waals surface area contributed by atoms with Crippen LogP contribution in [0.1, 0.15) is 56.7 Å². The fourth-order valence-electron chi connectivity index (χ4n) is 3.92. The summed E-state index contributed by atoms with van der Waals surface area (Å²) in [7, 11) is 2.10. The summed E-state index contributed by atoms with van der Waals surface area (Å²) in [5, 5.41) is 3.11. The standard InChI is InChI=1S/C22H33N3O2/c1-15(2)17-5-7-18(8-6-17)16(3)23-21(26)20-13-25(14-20)22(27)19-9-11-24(4)12-10-19/h5-8,15-16,19-20H,9-14H2,1-4H3,(H,23,26)/t16-/m1/s1. The van der Waals surface area contributed by atoms with E-state index in [1.54, 1.807) is 0 Å². The second kappa shape index (κ2) is 8.42. The second-order valence-electron chi connectivity index (χ2n) is 8.57. The maximum absolute atomic E-state index is 12.6. The van der Waals surface area contributed by atoms with E-state index < -0.39 is 0 Å². The predicted molar refractivity (Wildman–Crippen MR) is 107 cm³/mol. The Labute approximate surface area is 163 Å². The van der Waals surface area contributed by atoms with Gasteiger partial charge < -0.3 is 15.1 Å². The van der Waals surface area contributed by atoms with E-state index in [1.165, 1.54) is 5.56 Å². The zero-order valence-corrected chi connectivity index (χ0v) is 17.1. The van der Waals surface area contributed by atoms with E-state index >= 15 is 0 Å². The van der Waals surface area contributed by atoms with E-state index in [9.17, 15) is 9.59 Å². The monoisotopic (exact) mass is 371 g/mol. The second-order valence-corrected chi connectivity index (χ2v) is 8.57. The highest BCUT2D eigenvalue weighted by atomic mass is 16.2. The molecule has 0 aliphatic carbocycles. The summed E-state index contributed by atoms with van der Waals surface area (Å²) in [4.78, 5) is 29.2. The molecule has 0 saturated carbocycles. The number of hydrogen-bond donors (Lipinski definition) is 1. The van der Waals surface area contributed by atoms with Crippen molar-refractivity contribution in [2.24, 2.45) is 11.8 Å². The van der Waals surface area contributed by atoms with E-state index in [2.05, 4.69) is 55.4 Å². The summed E-state index contributed by atoms with van der Waals surface area (Å²) in [5.41, 5.74) is 2.42. The number of amides is 2. The van der Waals surface area contributed by atoms with Crippen molar-refractivity contribution in [3.8, 4) is 0 Å². The summed E-state index contributed by atoms with van der Waals surface area (Å²) in [6.45, 7) is 9.47. The number of carbonyl (C=O) groups is 2. The Kier molecular flexibility index (Phi) is 6.20. The van der Waals surface area contributed by atoms with Crippen LogP contribution in [0.3, 0.4) is 0 Å². The Hall–Kier alpha value is -1.88. The molecule has 148 valence electrons. The van der Waals surface area contributed by atoms with Gasteiger partial charge in [-0.15, -0.1) is 0 Å². The molecule has 0 unspecified atom stereocenters. The number of nitrogens with zero attached hydrogens (tertiary/aromatic N) is 2. The molecule has 2 saturated heterocycles. The van der Waals surface area contributed by atoms with Crippen molar-refractivity contribution < 1.29 is 9.59 Å². The molecule has 3 rings (SSSR count). The molecular formula is C22H33N3O2. The largest absolute Gasteiger partial charge is 0.349 e. The molecule has 2 aliphatic rings. The fourth-order valence-corrected chi connectivity index (χ4v) is 3.92. The Morgan fingerprint density at radius 1 is 0.963 bits per heavy atom. The number of hydrogen-bond acceptors (Lipinski definition) is 3. The zero-order valence-electron chi connectivity index (χ0n) is 17.1. The van der Waals surface area contributed by atoms with Gasteiger partial charge in [0, 0.05) is 19.0 Å². The third-order valence-corrected chi connectivity index (χ3v) is 6.09. The molecule has 0 aromatic heterocycles. The first-order chi connectivity index (χ1) is 12.8. The van der Waals surface area contributed by atoms with E-state index in [0.29, 0.717) is 19.0 Å². The first-order valence-corrected chi connectivity index (χ1v) is 10.2. The first kappa shape index (κ1) is 19.9. The Bertz CT molecular complexity index is 657. The van der Waals surface area contributed by atoms with Crippen LogP contribution in [0.5, 0.6) is 0 Å². The highest BCUT2D eigenvalue weighted by Crippen LogP contribution is 2.25. The lowest BCUT2D eigenvalue weighted by atomic mass is 9.91. The Balaban J connectivity index is 1.45. The van der Waals surface area contributed by atoms with Crippen molar-refractivity contribution in [2.45, 2.75) is 45.6 Å². The summed E-state index contributed by atoms with van der Waals surface area (Å²) in [6.07, 6.45) is 1.87. The Morgan fingerprint density at radius 2 is 1.52 bits per heavy atom. The van der Waals surface area contributed by atoms with Gasteiger partial charge in [0.1, 0.15) is 0 Å². The van der Waals surface area contributed by atoms with Crippen LogP contribution in [0.25, 0.3) is 0 Å². The van der Waals surface area contributed by atoms with Crippen molar-refractivity contribution >= 4 is 11.8 Å². The molecule has 1 atom stereocenters. The van der Waals surface area contributed by atoms with E-state index in [1.807, 2.05) is 11.8 Å². The molecule has 0 radical (unpaired) electrons. The molecule has 1 aromatic carbocycles. The lowest BCUT2D eigenvalue weighted by Gasteiger charge is -2.41. The minimum absolute atomic E-state index is 0.0163. The van der Waals surface area contributed by atoms with Crippen molar-refractivity contribution in [1.82, 2.24) is 15.1 Å². The van der Waals surface area contributed by atoms with E-state index in [4.69, 9.17) is 0 Å². The molecule has 0 spiro atoms. The molecule has 0 bridgehead atoms. The molecule has 27 heavy (non-hydrogen) atoms. The van der Waals surface area contributed by atoms with Crippen LogP contribution in [0.15, 0.2) is 24.3 Å². The summed E-state index contributed by atoms with van der Waals surface area (Å²) in [6, 6.07) is 8.44. The molecule has 2 aliphatic heterocycles. The molecule has 5 heteroatoms. The van der Waals surface area contributed by atoms with Crippen molar-refractivity contribution in [1.29, 1.82) is 0 Å². The van der Waals surface area contributed by atoms with Crippen LogP contribution in [-0.4, -0.2) is 54.8 Å². The third-order valence-electron chi connectivity index (χ3n) is 6.09. The van der Waals surface area contributed by atoms with Crippen LogP contribution in [-0.2, 0) is 9.59 Å². The predicted octanol–water partition coefficient (Wildman–Crippen LogP) is 2.79. The van der Waals surface area contributed by atoms with Gasteiger partial charge in [-0.2, -0.15) is 0 Å². The number of piperidine rings is 1. The maximum atomic E-state index is 12.6. The quantitative estimate of drug-likeness (QED) is 0.866. The summed E-state index contributed by atoms with van der Waals surface area (Å²) in [5.74, 6) is 0.876. The van der Waals surface area contributed by atoms with Gasteiger partial charge in [0.05, 0.1) is 12.0 Å². The number of carbonyl (C=O) groups excluding carboxylic acids is 2. The van der Waals surface area contributed by atoms with Gasteiger partial charge in [0.2, 0.25) is 11.8 Å². The zero-order chi connectivity index (χ0) is 19.6. The van der Waals surface area contributed by atoms with E-state index in [-0.39, 0.29) is 29.7 Å². The minimum Gasteiger partial charge on any atom is -0.349 e. The minimum atomic E-state index is -0.0717. The van der Waals surface area contributed by atoms with Gasteiger partial charge >= 0.3 is 0 Å². The fraction of sp³-hybridized carbons (Fsp3) is 0.636. The molecule has 5 nitrogen and oxygen atoms in total. The molecule has 2 heterocycles. The average molecular weight is 372 g/mol. The van der Waals surface area contributed by atoms with Crippen LogP contribution < -0.4 is 5.32 Å². The maximum Gasteiger partial charge on any atom is 0.227 e. The lowest BCUT2D eigenvalue weighted by molar-refractivity contribution is -0.147. The number of rotatable bonds is 5. The average Bonchev–Trinajstić information content (AvgIpc) is 2.61. The molecular weight excluding hydrogens is 338 g/mol. The molecule has 2 amide bonds. The molecule has 1 N–H and O–H groups in total. The van der Waals surface area contributed by atoms with Gasteiger partial charge in [0.25, 0.3) is 0 Å². The van der Waals surface area contributed by atoms with Crippen LogP contribution in [0, 0.1) is 11.8 Å². The van der Waals surface area contributed by atoms with Crippen molar-refractivity contribution in [3.05, 3.63) is 35.4 Å². The summed E-state index contributed by atoms with van der Waals surface area (Å²) < 4.78 is 0. The number of nitrogens with one attached hydrogen (secondary N) is 1. The SMILES string of the molecule is CC(C)c1ccc([C@@H](C)NC(=O)C2CN(C(=O)C3CCN(C)CC3)C2)cc1. The molecule has 2 fully saturated rings. The lowest BCUT2D eigenvalue weighted by Crippen LogP contribution is -2.57. The van der Waals surface area contributed by atoms with Gasteiger partial charge in [-0.05, 0) is 56.9 Å². The van der Waals surface area contributed by atoms with Crippen LogP contribution in [0.2, 0.25) is 0 Å². The third kappa shape index (κ3) is 4.70. The topological polar surface area (TPSA) is 52.7 Å². The summed E-state index contributed by atoms with van der Waals surface area (Å²) >= 11 is 0. The Morgan fingerprint density at radius 3 is 2.07 bits per heavy atom. The van der Waals surface area contributed by atoms with Crippen molar-refractivity contribution in [2.75, 3.05) is 33.2 Å². The van der Waals surface area contributed by atoms with Gasteiger partial charge in [0.15, 0.2) is 0 Å². The highest BCUT2D eigenvalue weighted by molar-refractivity contribution is 5.85. The first-order valence-electron chi connectivity index (χ1n) is 10.2. The molecule has 1 aromatic rings. The highest BCUT2D eigenvalue weighted by Gasteiger charge is 2.39. The van der Waals surface area contributed by atoms with Crippen LogP contribution in [0.4, 0.5) is 0 Å². The van der Waals surface area contributed by atoms with E-state index in [0.717, 1.165) is 31.5 Å². The van der Waals surface area contributed by atoms with Gasteiger partial charge in [-0.1, -0.05) is 38.1 Å². The normalized spacial score (nSPS) is 20.4. The van der Waals surface area contributed by atoms with Crippen LogP contribution >= 0.6 is 0 Å². The van der Waals surface area contributed by atoms with Gasteiger partial charge in [-0.3, -0.25) is 9.59 Å². The van der Waals surface area contributed by atoms with Crippen molar-refractivity contribution in [3.63, 3.8) is 0 Å².